The lowest BCUT2D eigenvalue weighted by molar-refractivity contribution is -0.149. The van der Waals surface area contributed by atoms with Gasteiger partial charge in [-0.3, -0.25) is 9.59 Å². The van der Waals surface area contributed by atoms with E-state index in [1.165, 1.54) is 44.9 Å². The lowest BCUT2D eigenvalue weighted by Crippen LogP contribution is -2.17. The highest BCUT2D eigenvalue weighted by molar-refractivity contribution is 5.69. The Balaban J connectivity index is 3.58. The van der Waals surface area contributed by atoms with Crippen molar-refractivity contribution in [1.82, 2.24) is 0 Å². The topological polar surface area (TPSA) is 63.6 Å². The van der Waals surface area contributed by atoms with E-state index in [1.807, 2.05) is 0 Å². The van der Waals surface area contributed by atoms with Crippen molar-refractivity contribution in [2.75, 3.05) is 0 Å². The largest absolute Gasteiger partial charge is 0.481 e. The second kappa shape index (κ2) is 34.1. The Labute approximate surface area is 265 Å². The van der Waals surface area contributed by atoms with Gasteiger partial charge in [0.1, 0.15) is 6.10 Å². The summed E-state index contributed by atoms with van der Waals surface area (Å²) < 4.78 is 5.75. The Kier molecular flexibility index (Phi) is 32.3. The molecule has 0 aromatic rings. The predicted molar refractivity (Wildman–Crippen MR) is 185 cm³/mol. The molecule has 0 aliphatic carbocycles. The summed E-state index contributed by atoms with van der Waals surface area (Å²) in [6, 6.07) is 0. The molecular weight excluding hydrogens is 532 g/mol. The van der Waals surface area contributed by atoms with E-state index in [4.69, 9.17) is 9.84 Å². The Morgan fingerprint density at radius 1 is 0.535 bits per heavy atom. The van der Waals surface area contributed by atoms with Gasteiger partial charge in [-0.25, -0.2) is 0 Å². The van der Waals surface area contributed by atoms with Crippen LogP contribution in [0.3, 0.4) is 0 Å². The van der Waals surface area contributed by atoms with E-state index in [0.29, 0.717) is 12.8 Å². The molecule has 0 aromatic carbocycles. The maximum absolute atomic E-state index is 12.3. The van der Waals surface area contributed by atoms with Gasteiger partial charge < -0.3 is 9.84 Å². The van der Waals surface area contributed by atoms with Gasteiger partial charge in [0.05, 0.1) is 0 Å². The fourth-order valence-corrected chi connectivity index (χ4v) is 4.91. The molecule has 0 fully saturated rings. The molecule has 246 valence electrons. The number of carboxylic acid groups (broad SMARTS) is 1. The lowest BCUT2D eigenvalue weighted by Gasteiger charge is -2.16. The molecule has 0 rings (SSSR count). The normalized spacial score (nSPS) is 13.0. The quantitative estimate of drug-likeness (QED) is 0.0490. The minimum Gasteiger partial charge on any atom is -0.481 e. The molecule has 43 heavy (non-hydrogen) atoms. The molecule has 1 atom stereocenters. The van der Waals surface area contributed by atoms with Crippen LogP contribution in [0.4, 0.5) is 0 Å². The maximum atomic E-state index is 12.3. The van der Waals surface area contributed by atoms with Crippen LogP contribution in [-0.2, 0) is 14.3 Å². The average Bonchev–Trinajstić information content (AvgIpc) is 2.99. The fraction of sp³-hybridized carbons (Fsp3) is 0.692. The van der Waals surface area contributed by atoms with Crippen molar-refractivity contribution in [3.8, 4) is 0 Å². The van der Waals surface area contributed by atoms with Crippen LogP contribution in [0.25, 0.3) is 0 Å². The summed E-state index contributed by atoms with van der Waals surface area (Å²) in [5, 5.41) is 8.65. The van der Waals surface area contributed by atoms with Crippen LogP contribution < -0.4 is 0 Å². The molecule has 0 saturated carbocycles. The first-order valence-corrected chi connectivity index (χ1v) is 17.8. The molecular formula is C39H66O4. The number of aliphatic carboxylic acids is 1. The van der Waals surface area contributed by atoms with Gasteiger partial charge in [-0.05, 0) is 77.0 Å². The van der Waals surface area contributed by atoms with Gasteiger partial charge in [-0.15, -0.1) is 0 Å². The van der Waals surface area contributed by atoms with E-state index in [9.17, 15) is 9.59 Å². The van der Waals surface area contributed by atoms with Crippen LogP contribution in [0.2, 0.25) is 0 Å². The zero-order chi connectivity index (χ0) is 31.5. The predicted octanol–water partition coefficient (Wildman–Crippen LogP) is 12.2. The third-order valence-electron chi connectivity index (χ3n) is 7.58. The number of carbonyl (C=O) groups excluding carboxylic acids is 1. The van der Waals surface area contributed by atoms with Gasteiger partial charge in [0, 0.05) is 12.8 Å². The van der Waals surface area contributed by atoms with E-state index >= 15 is 0 Å². The first-order chi connectivity index (χ1) is 21.1. The van der Waals surface area contributed by atoms with Crippen molar-refractivity contribution >= 4 is 11.9 Å². The summed E-state index contributed by atoms with van der Waals surface area (Å²) in [5.41, 5.74) is 0. The Morgan fingerprint density at radius 3 is 1.44 bits per heavy atom. The zero-order valence-corrected chi connectivity index (χ0v) is 28.0. The number of carboxylic acids is 1. The highest BCUT2D eigenvalue weighted by Crippen LogP contribution is 2.16. The average molecular weight is 599 g/mol. The number of unbranched alkanes of at least 4 members (excludes halogenated alkanes) is 13. The van der Waals surface area contributed by atoms with E-state index in [0.717, 1.165) is 96.3 Å². The highest BCUT2D eigenvalue weighted by atomic mass is 16.5. The molecule has 0 radical (unpaired) electrons. The Bertz CT molecular complexity index is 774. The maximum Gasteiger partial charge on any atom is 0.306 e. The molecule has 1 unspecified atom stereocenters. The molecule has 4 heteroatoms. The smallest absolute Gasteiger partial charge is 0.306 e. The molecule has 4 nitrogen and oxygen atoms in total. The van der Waals surface area contributed by atoms with Crippen LogP contribution in [0.15, 0.2) is 60.8 Å². The van der Waals surface area contributed by atoms with Gasteiger partial charge in [0.25, 0.3) is 0 Å². The number of esters is 1. The summed E-state index contributed by atoms with van der Waals surface area (Å²) in [7, 11) is 0. The summed E-state index contributed by atoms with van der Waals surface area (Å²) in [4.78, 5) is 22.8. The van der Waals surface area contributed by atoms with E-state index in [2.05, 4.69) is 74.6 Å². The fourth-order valence-electron chi connectivity index (χ4n) is 4.91. The van der Waals surface area contributed by atoms with Gasteiger partial charge in [-0.1, -0.05) is 139 Å². The molecule has 0 aromatic heterocycles. The number of ether oxygens (including phenoxy) is 1. The van der Waals surface area contributed by atoms with Crippen LogP contribution in [-0.4, -0.2) is 23.1 Å². The highest BCUT2D eigenvalue weighted by Gasteiger charge is 2.12. The third-order valence-corrected chi connectivity index (χ3v) is 7.58. The summed E-state index contributed by atoms with van der Waals surface area (Å²) in [6.07, 6.45) is 47.4. The lowest BCUT2D eigenvalue weighted by atomic mass is 10.0. The monoisotopic (exact) mass is 598 g/mol. The standard InChI is InChI=1S/C39H66O4/c1-3-5-6-7-8-9-10-11-12-13-14-15-16-17-21-24-27-30-33-36-39(42)43-37(4-2)34-31-28-25-22-19-18-20-23-26-29-32-35-38(40)41/h5-6,8-9,11-12,14-15,17,21,37H,3-4,7,10,13,16,18-20,22-36H2,1-2H3,(H,40,41)/b6-5-,9-8-,12-11-,15-14-,21-17-. The second-order valence-corrected chi connectivity index (χ2v) is 11.6. The van der Waals surface area contributed by atoms with Crippen LogP contribution >= 0.6 is 0 Å². The first kappa shape index (κ1) is 40.6. The van der Waals surface area contributed by atoms with Gasteiger partial charge in [0.2, 0.25) is 0 Å². The molecule has 0 saturated heterocycles. The number of carbonyl (C=O) groups is 2. The first-order valence-electron chi connectivity index (χ1n) is 17.8. The van der Waals surface area contributed by atoms with Gasteiger partial charge >= 0.3 is 11.9 Å². The van der Waals surface area contributed by atoms with Crippen molar-refractivity contribution in [2.24, 2.45) is 0 Å². The van der Waals surface area contributed by atoms with Crippen molar-refractivity contribution in [3.63, 3.8) is 0 Å². The molecule has 0 heterocycles. The molecule has 0 aliphatic rings. The zero-order valence-electron chi connectivity index (χ0n) is 28.0. The van der Waals surface area contributed by atoms with E-state index in [1.54, 1.807) is 0 Å². The third kappa shape index (κ3) is 34.0. The van der Waals surface area contributed by atoms with Crippen molar-refractivity contribution in [3.05, 3.63) is 60.8 Å². The number of rotatable bonds is 31. The molecule has 0 aliphatic heterocycles. The van der Waals surface area contributed by atoms with Crippen molar-refractivity contribution in [2.45, 2.75) is 174 Å². The molecule has 0 spiro atoms. The van der Waals surface area contributed by atoms with Gasteiger partial charge in [0.15, 0.2) is 0 Å². The molecule has 1 N–H and O–H groups in total. The van der Waals surface area contributed by atoms with Crippen molar-refractivity contribution < 1.29 is 19.4 Å². The summed E-state index contributed by atoms with van der Waals surface area (Å²) in [6.45, 7) is 4.27. The van der Waals surface area contributed by atoms with Crippen LogP contribution in [0, 0.1) is 0 Å². The number of hydrogen-bond donors (Lipinski definition) is 1. The molecule has 0 amide bonds. The van der Waals surface area contributed by atoms with Crippen molar-refractivity contribution in [1.29, 1.82) is 0 Å². The van der Waals surface area contributed by atoms with Crippen LogP contribution in [0.5, 0.6) is 0 Å². The van der Waals surface area contributed by atoms with E-state index < -0.39 is 5.97 Å². The SMILES string of the molecule is CC/C=C\C/C=C\C/C=C\C/C=C\C/C=C\CCCCCC(=O)OC(CC)CCCCCCCCCCCCCC(=O)O. The second-order valence-electron chi connectivity index (χ2n) is 11.6. The Morgan fingerprint density at radius 2 is 0.953 bits per heavy atom. The van der Waals surface area contributed by atoms with E-state index in [-0.39, 0.29) is 12.1 Å². The number of hydrogen-bond acceptors (Lipinski definition) is 3. The van der Waals surface area contributed by atoms with Crippen LogP contribution in [0.1, 0.15) is 168 Å². The Hall–Kier alpha value is -2.36. The van der Waals surface area contributed by atoms with Gasteiger partial charge in [-0.2, -0.15) is 0 Å². The minimum absolute atomic E-state index is 0.0234. The summed E-state index contributed by atoms with van der Waals surface area (Å²) >= 11 is 0. The number of allylic oxidation sites excluding steroid dienone is 10. The summed E-state index contributed by atoms with van der Waals surface area (Å²) in [5.74, 6) is -0.701. The molecule has 0 bridgehead atoms. The minimum atomic E-state index is -0.678.